The van der Waals surface area contributed by atoms with Crippen LogP contribution in [0.25, 0.3) is 0 Å². The van der Waals surface area contributed by atoms with Gasteiger partial charge in [-0.3, -0.25) is 9.67 Å². The van der Waals surface area contributed by atoms with E-state index in [4.69, 9.17) is 9.98 Å². The minimum atomic E-state index is -2.56. The van der Waals surface area contributed by atoms with E-state index in [1.165, 1.54) is 6.07 Å². The number of allylic oxidation sites excluding steroid dienone is 1. The predicted molar refractivity (Wildman–Crippen MR) is 125 cm³/mol. The van der Waals surface area contributed by atoms with E-state index < -0.39 is 6.43 Å². The first kappa shape index (κ1) is 22.1. The van der Waals surface area contributed by atoms with Crippen molar-refractivity contribution >= 4 is 17.5 Å². The highest BCUT2D eigenvalue weighted by molar-refractivity contribution is 6.03. The van der Waals surface area contributed by atoms with E-state index in [1.807, 2.05) is 26.1 Å². The van der Waals surface area contributed by atoms with Crippen molar-refractivity contribution in [1.82, 2.24) is 29.6 Å². The van der Waals surface area contributed by atoms with E-state index in [9.17, 15) is 8.78 Å². The minimum absolute atomic E-state index is 0.170. The Morgan fingerprint density at radius 3 is 2.82 bits per heavy atom. The Hall–Kier alpha value is -3.69. The summed E-state index contributed by atoms with van der Waals surface area (Å²) >= 11 is 0. The number of aliphatic imine (C=N–C) groups is 1. The maximum atomic E-state index is 13.1. The maximum Gasteiger partial charge on any atom is 0.280 e. The fourth-order valence-electron chi connectivity index (χ4n) is 4.41. The van der Waals surface area contributed by atoms with Crippen LogP contribution < -0.4 is 5.32 Å². The lowest BCUT2D eigenvalue weighted by atomic mass is 9.86. The largest absolute Gasteiger partial charge is 0.351 e. The Balaban J connectivity index is 1.38. The van der Waals surface area contributed by atoms with E-state index >= 15 is 0 Å². The van der Waals surface area contributed by atoms with Crippen LogP contribution in [0, 0.1) is 18.8 Å². The zero-order valence-electron chi connectivity index (χ0n) is 19.3. The van der Waals surface area contributed by atoms with Crippen LogP contribution in [-0.4, -0.2) is 48.4 Å². The Labute approximate surface area is 196 Å². The molecule has 34 heavy (non-hydrogen) atoms. The molecule has 0 spiro atoms. The van der Waals surface area contributed by atoms with Gasteiger partial charge in [-0.2, -0.15) is 5.10 Å². The van der Waals surface area contributed by atoms with E-state index in [0.717, 1.165) is 35.2 Å². The normalized spacial score (nSPS) is 19.8. The zero-order chi connectivity index (χ0) is 23.8. The number of halogens is 2. The Morgan fingerprint density at radius 2 is 2.06 bits per heavy atom. The van der Waals surface area contributed by atoms with Crippen molar-refractivity contribution in [1.29, 1.82) is 0 Å². The molecule has 5 rings (SSSR count). The van der Waals surface area contributed by atoms with Crippen LogP contribution in [0.15, 0.2) is 53.5 Å². The molecule has 176 valence electrons. The standard InChI is InChI=1S/C24H26F2N8/c1-14-11-27-24(31-20-7-8-28-33(20)3)32-22(14)19-13-34-12-15(2)16(10-21(34)30-19)9-17-5-4-6-18(29-17)23(25)26/h4-8,10-11,15-16,23H,9,12-13H2,1-3H3,(H,27,31,32)/t15-,16?/m1/s1. The number of anilines is 2. The number of aryl methyl sites for hydroxylation is 2. The van der Waals surface area contributed by atoms with E-state index in [-0.39, 0.29) is 11.6 Å². The second kappa shape index (κ2) is 8.92. The van der Waals surface area contributed by atoms with Gasteiger partial charge in [-0.1, -0.05) is 13.0 Å². The van der Waals surface area contributed by atoms with Crippen LogP contribution in [-0.2, 0) is 13.5 Å². The lowest BCUT2D eigenvalue weighted by Gasteiger charge is -2.33. The van der Waals surface area contributed by atoms with E-state index in [1.54, 1.807) is 23.1 Å². The fourth-order valence-corrected chi connectivity index (χ4v) is 4.41. The summed E-state index contributed by atoms with van der Waals surface area (Å²) < 4.78 is 27.8. The van der Waals surface area contributed by atoms with Gasteiger partial charge >= 0.3 is 0 Å². The zero-order valence-corrected chi connectivity index (χ0v) is 19.3. The van der Waals surface area contributed by atoms with Crippen molar-refractivity contribution in [3.63, 3.8) is 0 Å². The number of rotatable bonds is 6. The van der Waals surface area contributed by atoms with Gasteiger partial charge in [0.15, 0.2) is 0 Å². The summed E-state index contributed by atoms with van der Waals surface area (Å²) in [5.74, 6) is 2.70. The minimum Gasteiger partial charge on any atom is -0.351 e. The monoisotopic (exact) mass is 464 g/mol. The van der Waals surface area contributed by atoms with Gasteiger partial charge in [0.25, 0.3) is 6.43 Å². The van der Waals surface area contributed by atoms with Crippen LogP contribution >= 0.6 is 0 Å². The number of fused-ring (bicyclic) bond motifs is 1. The number of nitrogens with zero attached hydrogens (tertiary/aromatic N) is 7. The van der Waals surface area contributed by atoms with Crippen molar-refractivity contribution in [2.75, 3.05) is 18.4 Å². The van der Waals surface area contributed by atoms with Gasteiger partial charge in [0.2, 0.25) is 5.95 Å². The average Bonchev–Trinajstić information content (AvgIpc) is 3.41. The molecule has 0 amide bonds. The number of alkyl halides is 2. The smallest absolute Gasteiger partial charge is 0.280 e. The quantitative estimate of drug-likeness (QED) is 0.593. The summed E-state index contributed by atoms with van der Waals surface area (Å²) in [5.41, 5.74) is 3.16. The molecular formula is C24H26F2N8. The van der Waals surface area contributed by atoms with Crippen LogP contribution in [0.4, 0.5) is 20.5 Å². The number of hydrogen-bond acceptors (Lipinski definition) is 7. The molecule has 0 bridgehead atoms. The molecule has 2 aliphatic rings. The van der Waals surface area contributed by atoms with Gasteiger partial charge in [-0.25, -0.2) is 23.7 Å². The van der Waals surface area contributed by atoms with Crippen molar-refractivity contribution < 1.29 is 8.78 Å². The fraction of sp³-hybridized carbons (Fsp3) is 0.375. The summed E-state index contributed by atoms with van der Waals surface area (Å²) in [6, 6.07) is 6.69. The Morgan fingerprint density at radius 1 is 1.21 bits per heavy atom. The summed E-state index contributed by atoms with van der Waals surface area (Å²) in [7, 11) is 1.85. The maximum absolute atomic E-state index is 13.1. The molecule has 2 aliphatic heterocycles. The molecule has 0 fully saturated rings. The number of pyridine rings is 1. The van der Waals surface area contributed by atoms with Gasteiger partial charge in [0, 0.05) is 31.5 Å². The Bertz CT molecular complexity index is 1270. The first-order valence-electron chi connectivity index (χ1n) is 11.2. The van der Waals surface area contributed by atoms with Crippen LogP contribution in [0.1, 0.15) is 36.0 Å². The number of hydrogen-bond donors (Lipinski definition) is 1. The molecule has 0 aliphatic carbocycles. The highest BCUT2D eigenvalue weighted by Crippen LogP contribution is 2.32. The van der Waals surface area contributed by atoms with Crippen LogP contribution in [0.5, 0.6) is 0 Å². The molecule has 3 aromatic rings. The highest BCUT2D eigenvalue weighted by atomic mass is 19.3. The first-order valence-corrected chi connectivity index (χ1v) is 11.2. The summed E-state index contributed by atoms with van der Waals surface area (Å²) in [6.45, 7) is 5.66. The molecule has 2 atom stereocenters. The first-order chi connectivity index (χ1) is 16.4. The second-order valence-corrected chi connectivity index (χ2v) is 8.85. The third kappa shape index (κ3) is 4.40. The second-order valence-electron chi connectivity index (χ2n) is 8.85. The Kier molecular flexibility index (Phi) is 5.80. The molecule has 5 heterocycles. The van der Waals surface area contributed by atoms with Gasteiger partial charge in [0.1, 0.15) is 17.3 Å². The summed E-state index contributed by atoms with van der Waals surface area (Å²) in [6.07, 6.45) is 3.69. The summed E-state index contributed by atoms with van der Waals surface area (Å²) in [5, 5.41) is 7.35. The molecule has 1 unspecified atom stereocenters. The molecule has 0 radical (unpaired) electrons. The van der Waals surface area contributed by atoms with E-state index in [2.05, 4.69) is 38.3 Å². The lowest BCUT2D eigenvalue weighted by molar-refractivity contribution is 0.145. The van der Waals surface area contributed by atoms with Crippen LogP contribution in [0.2, 0.25) is 0 Å². The number of aromatic nitrogens is 5. The average molecular weight is 465 g/mol. The molecule has 0 saturated heterocycles. The number of nitrogens with one attached hydrogen (secondary N) is 1. The summed E-state index contributed by atoms with van der Waals surface area (Å²) in [4.78, 5) is 20.4. The molecule has 0 aromatic carbocycles. The molecule has 10 heteroatoms. The van der Waals surface area contributed by atoms with Crippen molar-refractivity contribution in [2.45, 2.75) is 26.7 Å². The van der Waals surface area contributed by atoms with Gasteiger partial charge in [0.05, 0.1) is 24.1 Å². The molecular weight excluding hydrogens is 438 g/mol. The topological polar surface area (TPSA) is 84.1 Å². The van der Waals surface area contributed by atoms with Crippen molar-refractivity contribution in [3.8, 4) is 0 Å². The molecule has 1 N–H and O–H groups in total. The SMILES string of the molecule is Cc1cnc(Nc2ccnn2C)nc1C1=NC2=CC(Cc3cccc(C(F)F)n3)[C@H](C)CN2C1. The predicted octanol–water partition coefficient (Wildman–Crippen LogP) is 4.05. The lowest BCUT2D eigenvalue weighted by Crippen LogP contribution is -2.35. The third-order valence-corrected chi connectivity index (χ3v) is 6.32. The van der Waals surface area contributed by atoms with Gasteiger partial charge < -0.3 is 10.2 Å². The van der Waals surface area contributed by atoms with Gasteiger partial charge in [-0.15, -0.1) is 0 Å². The van der Waals surface area contributed by atoms with Gasteiger partial charge in [-0.05, 0) is 49.0 Å². The van der Waals surface area contributed by atoms with E-state index in [0.29, 0.717) is 30.5 Å². The molecule has 8 nitrogen and oxygen atoms in total. The van der Waals surface area contributed by atoms with Crippen molar-refractivity contribution in [2.24, 2.45) is 23.9 Å². The van der Waals surface area contributed by atoms with Crippen molar-refractivity contribution in [3.05, 3.63) is 71.2 Å². The molecule has 0 saturated carbocycles. The van der Waals surface area contributed by atoms with Crippen LogP contribution in [0.3, 0.4) is 0 Å². The third-order valence-electron chi connectivity index (χ3n) is 6.32. The molecule has 3 aromatic heterocycles. The highest BCUT2D eigenvalue weighted by Gasteiger charge is 2.32.